The van der Waals surface area contributed by atoms with Crippen LogP contribution in [0.5, 0.6) is 0 Å². The zero-order valence-electron chi connectivity index (χ0n) is 14.5. The molecule has 24 heavy (non-hydrogen) atoms. The molecule has 0 bridgehead atoms. The molecule has 0 aromatic carbocycles. The first-order valence-corrected chi connectivity index (χ1v) is 8.88. The van der Waals surface area contributed by atoms with E-state index in [-0.39, 0.29) is 12.4 Å². The average Bonchev–Trinajstić information content (AvgIpc) is 3.15. The smallest absolute Gasteiger partial charge is 0.254 e. The lowest BCUT2D eigenvalue weighted by Gasteiger charge is -2.24. The molecule has 0 radical (unpaired) electrons. The molecule has 4 rings (SSSR count). The zero-order valence-corrected chi connectivity index (χ0v) is 15.3. The van der Waals surface area contributed by atoms with Crippen LogP contribution in [0.1, 0.15) is 43.9 Å². The first-order valence-electron chi connectivity index (χ1n) is 8.88. The van der Waals surface area contributed by atoms with Crippen molar-refractivity contribution in [1.29, 1.82) is 0 Å². The van der Waals surface area contributed by atoms with Gasteiger partial charge in [0.05, 0.1) is 5.69 Å². The van der Waals surface area contributed by atoms with Gasteiger partial charge in [-0.2, -0.15) is 14.6 Å². The van der Waals surface area contributed by atoms with Crippen molar-refractivity contribution >= 4 is 24.0 Å². The molecule has 132 valence electrons. The number of nitrogens with zero attached hydrogens (tertiary/aromatic N) is 5. The van der Waals surface area contributed by atoms with E-state index in [1.165, 1.54) is 43.5 Å². The third-order valence-electron chi connectivity index (χ3n) is 5.48. The van der Waals surface area contributed by atoms with Crippen molar-refractivity contribution in [3.63, 3.8) is 0 Å². The van der Waals surface area contributed by atoms with Crippen LogP contribution < -0.4 is 5.32 Å². The maximum Gasteiger partial charge on any atom is 0.254 e. The number of rotatable bonds is 4. The molecule has 1 N–H and O–H groups in total. The molecule has 3 heterocycles. The van der Waals surface area contributed by atoms with Crippen LogP contribution in [0.15, 0.2) is 6.33 Å². The zero-order chi connectivity index (χ0) is 15.8. The van der Waals surface area contributed by atoms with Gasteiger partial charge in [0, 0.05) is 18.2 Å². The standard InChI is InChI=1S/C17H26N6.ClH/c1-12-5-6-14-15(10-12)21-17-19-11-20-23(17)16(14)18-8-7-13-4-3-9-22(13)2;/h11-13,18H,3-10H2,1-2H3;1H. The number of halogens is 1. The molecule has 0 amide bonds. The number of nitrogens with one attached hydrogen (secondary N) is 1. The van der Waals surface area contributed by atoms with Crippen LogP contribution in [0.2, 0.25) is 0 Å². The molecule has 6 nitrogen and oxygen atoms in total. The lowest BCUT2D eigenvalue weighted by molar-refractivity contribution is 0.301. The summed E-state index contributed by atoms with van der Waals surface area (Å²) in [7, 11) is 2.24. The molecule has 1 saturated heterocycles. The van der Waals surface area contributed by atoms with E-state index in [4.69, 9.17) is 4.98 Å². The van der Waals surface area contributed by atoms with Crippen molar-refractivity contribution < 1.29 is 0 Å². The van der Waals surface area contributed by atoms with Crippen molar-refractivity contribution in [2.45, 2.75) is 51.5 Å². The summed E-state index contributed by atoms with van der Waals surface area (Å²) in [6.45, 7) is 4.53. The molecule has 1 aliphatic carbocycles. The number of fused-ring (bicyclic) bond motifs is 2. The van der Waals surface area contributed by atoms with Gasteiger partial charge in [-0.25, -0.2) is 4.98 Å². The first kappa shape index (κ1) is 17.4. The Balaban J connectivity index is 0.00000169. The fourth-order valence-electron chi connectivity index (χ4n) is 4.06. The highest BCUT2D eigenvalue weighted by Gasteiger charge is 2.24. The topological polar surface area (TPSA) is 58.4 Å². The second kappa shape index (κ2) is 7.23. The average molecular weight is 351 g/mol. The van der Waals surface area contributed by atoms with Crippen LogP contribution in [0, 0.1) is 5.92 Å². The van der Waals surface area contributed by atoms with Gasteiger partial charge in [0.15, 0.2) is 0 Å². The minimum absolute atomic E-state index is 0. The van der Waals surface area contributed by atoms with Gasteiger partial charge in [0.1, 0.15) is 12.1 Å². The Kier molecular flexibility index (Phi) is 5.25. The summed E-state index contributed by atoms with van der Waals surface area (Å²) in [6, 6.07) is 0.714. The predicted octanol–water partition coefficient (Wildman–Crippen LogP) is 2.57. The van der Waals surface area contributed by atoms with Gasteiger partial charge < -0.3 is 10.2 Å². The fraction of sp³-hybridized carbons (Fsp3) is 0.706. The Hall–Kier alpha value is -1.40. The Morgan fingerprint density at radius 2 is 2.21 bits per heavy atom. The van der Waals surface area contributed by atoms with E-state index in [0.717, 1.165) is 31.0 Å². The van der Waals surface area contributed by atoms with E-state index in [1.807, 2.05) is 4.52 Å². The number of likely N-dealkylation sites (tertiary alicyclic amines) is 1. The van der Waals surface area contributed by atoms with E-state index in [9.17, 15) is 0 Å². The summed E-state index contributed by atoms with van der Waals surface area (Å²) in [5.41, 5.74) is 2.56. The minimum atomic E-state index is 0. The van der Waals surface area contributed by atoms with E-state index in [2.05, 4.69) is 34.3 Å². The van der Waals surface area contributed by atoms with E-state index < -0.39 is 0 Å². The van der Waals surface area contributed by atoms with Crippen LogP contribution in [-0.4, -0.2) is 50.7 Å². The number of aromatic nitrogens is 4. The lowest BCUT2D eigenvalue weighted by atomic mass is 9.88. The summed E-state index contributed by atoms with van der Waals surface area (Å²) >= 11 is 0. The predicted molar refractivity (Wildman–Crippen MR) is 98.0 cm³/mol. The highest BCUT2D eigenvalue weighted by Crippen LogP contribution is 2.30. The summed E-state index contributed by atoms with van der Waals surface area (Å²) in [5.74, 6) is 2.55. The van der Waals surface area contributed by atoms with Crippen molar-refractivity contribution in [2.24, 2.45) is 5.92 Å². The van der Waals surface area contributed by atoms with Crippen LogP contribution in [0.25, 0.3) is 5.78 Å². The van der Waals surface area contributed by atoms with Crippen molar-refractivity contribution in [3.8, 4) is 0 Å². The Morgan fingerprint density at radius 3 is 3.00 bits per heavy atom. The SMILES string of the molecule is CC1CCc2c(nc3ncnn3c2NCCC2CCCN2C)C1.Cl. The summed E-state index contributed by atoms with van der Waals surface area (Å²) in [5, 5.41) is 8.04. The van der Waals surface area contributed by atoms with Crippen molar-refractivity contribution in [2.75, 3.05) is 25.5 Å². The molecule has 2 aromatic heterocycles. The fourth-order valence-corrected chi connectivity index (χ4v) is 4.06. The molecular weight excluding hydrogens is 324 g/mol. The number of hydrogen-bond acceptors (Lipinski definition) is 5. The van der Waals surface area contributed by atoms with Gasteiger partial charge in [0.2, 0.25) is 0 Å². The Morgan fingerprint density at radius 1 is 1.33 bits per heavy atom. The quantitative estimate of drug-likeness (QED) is 0.918. The van der Waals surface area contributed by atoms with Gasteiger partial charge >= 0.3 is 0 Å². The molecule has 1 fully saturated rings. The molecule has 0 spiro atoms. The molecular formula is C17H27ClN6. The molecule has 2 aromatic rings. The monoisotopic (exact) mass is 350 g/mol. The number of hydrogen-bond donors (Lipinski definition) is 1. The first-order chi connectivity index (χ1) is 11.2. The second-order valence-corrected chi connectivity index (χ2v) is 7.20. The highest BCUT2D eigenvalue weighted by molar-refractivity contribution is 5.85. The van der Waals surface area contributed by atoms with Gasteiger partial charge in [-0.1, -0.05) is 6.92 Å². The second-order valence-electron chi connectivity index (χ2n) is 7.20. The van der Waals surface area contributed by atoms with E-state index in [0.29, 0.717) is 12.0 Å². The van der Waals surface area contributed by atoms with Gasteiger partial charge in [-0.15, -0.1) is 12.4 Å². The molecule has 1 aliphatic heterocycles. The molecule has 2 atom stereocenters. The van der Waals surface area contributed by atoms with Crippen LogP contribution in [-0.2, 0) is 12.8 Å². The van der Waals surface area contributed by atoms with Crippen molar-refractivity contribution in [1.82, 2.24) is 24.5 Å². The highest BCUT2D eigenvalue weighted by atomic mass is 35.5. The maximum absolute atomic E-state index is 4.73. The van der Waals surface area contributed by atoms with Crippen LogP contribution in [0.4, 0.5) is 5.82 Å². The third-order valence-corrected chi connectivity index (χ3v) is 5.48. The van der Waals surface area contributed by atoms with Crippen molar-refractivity contribution in [3.05, 3.63) is 17.6 Å². The summed E-state index contributed by atoms with van der Waals surface area (Å²) in [6.07, 6.45) is 8.81. The molecule has 2 aliphatic rings. The van der Waals surface area contributed by atoms with Gasteiger partial charge in [-0.05, 0) is 58.0 Å². The summed E-state index contributed by atoms with van der Waals surface area (Å²) < 4.78 is 1.88. The lowest BCUT2D eigenvalue weighted by Crippen LogP contribution is -2.27. The van der Waals surface area contributed by atoms with Crippen LogP contribution >= 0.6 is 12.4 Å². The molecule has 2 unspecified atom stereocenters. The maximum atomic E-state index is 4.73. The molecule has 7 heteroatoms. The van der Waals surface area contributed by atoms with Gasteiger partial charge in [0.25, 0.3) is 5.78 Å². The normalized spacial score (nSPS) is 23.9. The Bertz CT molecular complexity index is 700. The number of anilines is 1. The van der Waals surface area contributed by atoms with Crippen LogP contribution in [0.3, 0.4) is 0 Å². The van der Waals surface area contributed by atoms with E-state index >= 15 is 0 Å². The molecule has 0 saturated carbocycles. The van der Waals surface area contributed by atoms with Gasteiger partial charge in [-0.3, -0.25) is 0 Å². The Labute approximate surface area is 149 Å². The third kappa shape index (κ3) is 3.22. The largest absolute Gasteiger partial charge is 0.370 e. The van der Waals surface area contributed by atoms with E-state index in [1.54, 1.807) is 6.33 Å². The minimum Gasteiger partial charge on any atom is -0.370 e. The summed E-state index contributed by atoms with van der Waals surface area (Å²) in [4.78, 5) is 11.5.